The third-order valence-electron chi connectivity index (χ3n) is 3.04. The molecule has 0 radical (unpaired) electrons. The third-order valence-corrected chi connectivity index (χ3v) is 3.04. The fourth-order valence-electron chi connectivity index (χ4n) is 2.25. The molecule has 0 spiro atoms. The first kappa shape index (κ1) is 10.2. The van der Waals surface area contributed by atoms with Crippen LogP contribution in [-0.2, 0) is 5.41 Å². The van der Waals surface area contributed by atoms with E-state index in [1.165, 1.54) is 0 Å². The van der Waals surface area contributed by atoms with Gasteiger partial charge in [0.15, 0.2) is 0 Å². The van der Waals surface area contributed by atoms with E-state index in [1.807, 2.05) is 12.1 Å². The molecule has 3 aromatic rings. The molecule has 0 bridgehead atoms. The summed E-state index contributed by atoms with van der Waals surface area (Å²) in [7, 11) is 0. The van der Waals surface area contributed by atoms with Gasteiger partial charge in [-0.05, 0) is 18.2 Å². The molecule has 0 aliphatic carbocycles. The molecule has 0 atom stereocenters. The van der Waals surface area contributed by atoms with Crippen molar-refractivity contribution in [3.8, 4) is 0 Å². The zero-order valence-corrected chi connectivity index (χ0v) is 10.1. The van der Waals surface area contributed by atoms with E-state index in [1.54, 1.807) is 10.6 Å². The lowest BCUT2D eigenvalue weighted by atomic mass is 9.92. The summed E-state index contributed by atoms with van der Waals surface area (Å²) >= 11 is 0. The predicted octanol–water partition coefficient (Wildman–Crippen LogP) is 2.36. The molecule has 0 amide bonds. The summed E-state index contributed by atoms with van der Waals surface area (Å²) in [6, 6.07) is 5.56. The van der Waals surface area contributed by atoms with Crippen molar-refractivity contribution in [1.82, 2.24) is 4.57 Å². The molecule has 0 aliphatic heterocycles. The third kappa shape index (κ3) is 1.27. The van der Waals surface area contributed by atoms with Crippen LogP contribution in [0.3, 0.4) is 0 Å². The fraction of sp³-hybridized carbons (Fsp3) is 0.308. The van der Waals surface area contributed by atoms with Crippen LogP contribution in [0.5, 0.6) is 0 Å². The molecule has 4 nitrogen and oxygen atoms in total. The maximum absolute atomic E-state index is 11.7. The molecule has 0 aliphatic rings. The molecule has 0 saturated heterocycles. The van der Waals surface area contributed by atoms with Gasteiger partial charge in [0.25, 0.3) is 0 Å². The van der Waals surface area contributed by atoms with E-state index in [0.29, 0.717) is 11.1 Å². The lowest BCUT2D eigenvalue weighted by Crippen LogP contribution is -2.13. The Bertz CT molecular complexity index is 759. The van der Waals surface area contributed by atoms with Crippen LogP contribution in [0, 0.1) is 0 Å². The van der Waals surface area contributed by atoms with Crippen LogP contribution in [0.25, 0.3) is 16.3 Å². The zero-order chi connectivity index (χ0) is 12.4. The number of aromatic nitrogens is 1. The van der Waals surface area contributed by atoms with Gasteiger partial charge in [-0.2, -0.15) is 4.57 Å². The van der Waals surface area contributed by atoms with Crippen LogP contribution < -0.4 is 11.4 Å². The van der Waals surface area contributed by atoms with Crippen molar-refractivity contribution in [3.63, 3.8) is 0 Å². The van der Waals surface area contributed by atoms with Gasteiger partial charge in [0, 0.05) is 16.5 Å². The Morgan fingerprint density at radius 3 is 2.59 bits per heavy atom. The van der Waals surface area contributed by atoms with Crippen LogP contribution in [0.4, 0.5) is 5.69 Å². The number of nitrogens with two attached hydrogens (primary N) is 1. The highest BCUT2D eigenvalue weighted by Gasteiger charge is 2.24. The second-order valence-electron chi connectivity index (χ2n) is 5.46. The van der Waals surface area contributed by atoms with Gasteiger partial charge in [-0.15, -0.1) is 0 Å². The lowest BCUT2D eigenvalue weighted by Gasteiger charge is -2.16. The molecule has 0 fully saturated rings. The minimum atomic E-state index is -0.330. The summed E-state index contributed by atoms with van der Waals surface area (Å²) in [6.07, 6.45) is 0. The summed E-state index contributed by atoms with van der Waals surface area (Å²) < 4.78 is 6.93. The average molecular weight is 230 g/mol. The Hall–Kier alpha value is -1.97. The van der Waals surface area contributed by atoms with Crippen LogP contribution in [0.1, 0.15) is 26.5 Å². The minimum Gasteiger partial charge on any atom is -0.399 e. The lowest BCUT2D eigenvalue weighted by molar-refractivity contribution is 0.325. The molecule has 0 unspecified atom stereocenters. The van der Waals surface area contributed by atoms with E-state index in [4.69, 9.17) is 10.3 Å². The first-order valence-corrected chi connectivity index (χ1v) is 5.56. The number of hydrogen-bond acceptors (Lipinski definition) is 3. The van der Waals surface area contributed by atoms with Crippen molar-refractivity contribution in [2.24, 2.45) is 0 Å². The highest BCUT2D eigenvalue weighted by molar-refractivity contribution is 5.98. The topological polar surface area (TPSA) is 60.6 Å². The average Bonchev–Trinajstić information content (AvgIpc) is 2.68. The molecule has 3 rings (SSSR count). The van der Waals surface area contributed by atoms with Crippen LogP contribution >= 0.6 is 0 Å². The van der Waals surface area contributed by atoms with Gasteiger partial charge >= 0.3 is 5.63 Å². The molecule has 0 saturated carbocycles. The molecule has 4 heteroatoms. The molecule has 2 aromatic heterocycles. The maximum atomic E-state index is 11.7. The van der Waals surface area contributed by atoms with E-state index in [0.717, 1.165) is 16.6 Å². The molecule has 1 aromatic carbocycles. The van der Waals surface area contributed by atoms with Gasteiger partial charge in [-0.25, -0.2) is 4.79 Å². The molecular weight excluding hydrogens is 216 g/mol. The number of benzene rings is 1. The van der Waals surface area contributed by atoms with Gasteiger partial charge in [-0.1, -0.05) is 20.8 Å². The van der Waals surface area contributed by atoms with Crippen molar-refractivity contribution in [3.05, 3.63) is 34.3 Å². The van der Waals surface area contributed by atoms with Crippen molar-refractivity contribution < 1.29 is 4.52 Å². The standard InChI is InChI=1S/C13H14N2O2/c1-13(2,3)10-5-7-4-8(14)6-9-11(7)15(10)17-12(9)16/h4-6H,14H2,1-3H3. The highest BCUT2D eigenvalue weighted by atomic mass is 16.5. The van der Waals surface area contributed by atoms with E-state index >= 15 is 0 Å². The van der Waals surface area contributed by atoms with Gasteiger partial charge in [0.1, 0.15) is 5.52 Å². The van der Waals surface area contributed by atoms with E-state index < -0.39 is 0 Å². The molecular formula is C13H14N2O2. The number of rotatable bonds is 0. The smallest absolute Gasteiger partial charge is 0.365 e. The summed E-state index contributed by atoms with van der Waals surface area (Å²) in [6.45, 7) is 6.25. The van der Waals surface area contributed by atoms with Crippen LogP contribution in [-0.4, -0.2) is 4.57 Å². The SMILES string of the molecule is CC(C)(C)c1cc2cc(N)cc3c(=O)on1c23. The second-order valence-corrected chi connectivity index (χ2v) is 5.46. The van der Waals surface area contributed by atoms with E-state index in [2.05, 4.69) is 20.8 Å². The van der Waals surface area contributed by atoms with Crippen molar-refractivity contribution in [1.29, 1.82) is 0 Å². The monoisotopic (exact) mass is 230 g/mol. The van der Waals surface area contributed by atoms with Gasteiger partial charge in [0.2, 0.25) is 0 Å². The second kappa shape index (κ2) is 2.83. The fourth-order valence-corrected chi connectivity index (χ4v) is 2.25. The van der Waals surface area contributed by atoms with Crippen molar-refractivity contribution >= 4 is 22.0 Å². The largest absolute Gasteiger partial charge is 0.399 e. The first-order chi connectivity index (χ1) is 7.88. The van der Waals surface area contributed by atoms with E-state index in [-0.39, 0.29) is 11.0 Å². The number of hydrogen-bond donors (Lipinski definition) is 1. The van der Waals surface area contributed by atoms with Crippen molar-refractivity contribution in [2.45, 2.75) is 26.2 Å². The van der Waals surface area contributed by atoms with Crippen LogP contribution in [0.15, 0.2) is 27.5 Å². The van der Waals surface area contributed by atoms with Gasteiger partial charge in [-0.3, -0.25) is 0 Å². The summed E-state index contributed by atoms with van der Waals surface area (Å²) in [5.74, 6) is 0. The molecule has 2 heterocycles. The molecule has 17 heavy (non-hydrogen) atoms. The number of anilines is 1. The first-order valence-electron chi connectivity index (χ1n) is 5.56. The Balaban J connectivity index is 2.58. The summed E-state index contributed by atoms with van der Waals surface area (Å²) in [5.41, 5.74) is 7.76. The summed E-state index contributed by atoms with van der Waals surface area (Å²) in [5, 5.41) is 1.51. The highest BCUT2D eigenvalue weighted by Crippen LogP contribution is 2.32. The Morgan fingerprint density at radius 2 is 1.94 bits per heavy atom. The normalized spacial score (nSPS) is 12.9. The zero-order valence-electron chi connectivity index (χ0n) is 10.1. The molecule has 2 N–H and O–H groups in total. The molecule has 88 valence electrons. The van der Waals surface area contributed by atoms with Crippen LogP contribution in [0.2, 0.25) is 0 Å². The Morgan fingerprint density at radius 1 is 1.24 bits per heavy atom. The maximum Gasteiger partial charge on any atom is 0.365 e. The predicted molar refractivity (Wildman–Crippen MR) is 67.7 cm³/mol. The quantitative estimate of drug-likeness (QED) is 0.603. The van der Waals surface area contributed by atoms with Crippen molar-refractivity contribution in [2.75, 3.05) is 5.73 Å². The van der Waals surface area contributed by atoms with E-state index in [9.17, 15) is 4.79 Å². The number of nitrogen functional groups attached to an aromatic ring is 1. The minimum absolute atomic E-state index is 0.0876. The summed E-state index contributed by atoms with van der Waals surface area (Å²) in [4.78, 5) is 11.7. The number of nitrogens with zero attached hydrogens (tertiary/aromatic N) is 1. The Kier molecular flexibility index (Phi) is 1.70. The van der Waals surface area contributed by atoms with Gasteiger partial charge in [0.05, 0.1) is 11.1 Å². The van der Waals surface area contributed by atoms with Gasteiger partial charge < -0.3 is 10.3 Å². The Labute approximate surface area is 97.9 Å².